The van der Waals surface area contributed by atoms with Crippen molar-refractivity contribution in [3.63, 3.8) is 0 Å². The number of anilines is 3. The molecule has 0 unspecified atom stereocenters. The molecule has 1 fully saturated rings. The van der Waals surface area contributed by atoms with E-state index >= 15 is 0 Å². The fourth-order valence-electron chi connectivity index (χ4n) is 3.33. The summed E-state index contributed by atoms with van der Waals surface area (Å²) in [4.78, 5) is 12.9. The first-order chi connectivity index (χ1) is 14.7. The molecule has 0 spiro atoms. The molecule has 1 aliphatic heterocycles. The van der Waals surface area contributed by atoms with E-state index in [4.69, 9.17) is 11.6 Å². The molecule has 0 aliphatic carbocycles. The molecule has 1 N–H and O–H groups in total. The first kappa shape index (κ1) is 21.9. The predicted octanol–water partition coefficient (Wildman–Crippen LogP) is 5.44. The molecule has 31 heavy (non-hydrogen) atoms. The Labute approximate surface area is 190 Å². The minimum absolute atomic E-state index is 0.120. The van der Waals surface area contributed by atoms with E-state index in [0.717, 1.165) is 36.3 Å². The number of piperazine rings is 1. The van der Waals surface area contributed by atoms with Crippen LogP contribution in [0.1, 0.15) is 0 Å². The van der Waals surface area contributed by atoms with Crippen molar-refractivity contribution >= 4 is 55.8 Å². The van der Waals surface area contributed by atoms with Crippen LogP contribution in [0.15, 0.2) is 41.0 Å². The predicted molar refractivity (Wildman–Crippen MR) is 118 cm³/mol. The van der Waals surface area contributed by atoms with Gasteiger partial charge in [-0.25, -0.2) is 9.97 Å². The van der Waals surface area contributed by atoms with Gasteiger partial charge in [0.2, 0.25) is 5.95 Å². The van der Waals surface area contributed by atoms with Crippen LogP contribution in [-0.4, -0.2) is 54.5 Å². The summed E-state index contributed by atoms with van der Waals surface area (Å²) in [5, 5.41) is 3.97. The van der Waals surface area contributed by atoms with Crippen molar-refractivity contribution < 1.29 is 17.9 Å². The van der Waals surface area contributed by atoms with E-state index in [9.17, 15) is 13.2 Å². The van der Waals surface area contributed by atoms with Gasteiger partial charge in [0.1, 0.15) is 0 Å². The zero-order valence-electron chi connectivity index (χ0n) is 16.4. The average molecular weight is 517 g/mol. The molecule has 1 aromatic heterocycles. The van der Waals surface area contributed by atoms with Gasteiger partial charge in [0.15, 0.2) is 5.75 Å². The van der Waals surface area contributed by atoms with E-state index in [2.05, 4.69) is 45.8 Å². The maximum absolute atomic E-state index is 12.9. The second-order valence-electron chi connectivity index (χ2n) is 7.16. The lowest BCUT2D eigenvalue weighted by Gasteiger charge is -2.34. The number of fused-ring (bicyclic) bond motifs is 1. The summed E-state index contributed by atoms with van der Waals surface area (Å²) in [7, 11) is 2.03. The number of nitrogens with zero attached hydrogens (tertiary/aromatic N) is 4. The lowest BCUT2D eigenvalue weighted by atomic mass is 10.2. The quantitative estimate of drug-likeness (QED) is 0.498. The van der Waals surface area contributed by atoms with Crippen molar-refractivity contribution in [3.05, 3.63) is 46.0 Å². The molecule has 2 aromatic carbocycles. The fraction of sp³-hybridized carbons (Fsp3) is 0.300. The molecule has 1 saturated heterocycles. The Morgan fingerprint density at radius 3 is 2.58 bits per heavy atom. The highest BCUT2D eigenvalue weighted by atomic mass is 79.9. The summed E-state index contributed by atoms with van der Waals surface area (Å²) in [5.41, 5.74) is 1.45. The van der Waals surface area contributed by atoms with Gasteiger partial charge in [0.25, 0.3) is 0 Å². The Morgan fingerprint density at radius 2 is 1.87 bits per heavy atom. The van der Waals surface area contributed by atoms with E-state index in [1.54, 1.807) is 24.3 Å². The molecule has 6 nitrogen and oxygen atoms in total. The minimum Gasteiger partial charge on any atom is -0.404 e. The van der Waals surface area contributed by atoms with Gasteiger partial charge >= 0.3 is 6.36 Å². The average Bonchev–Trinajstić information content (AvgIpc) is 2.68. The number of nitrogens with one attached hydrogen (secondary N) is 1. The van der Waals surface area contributed by atoms with Crippen LogP contribution in [0.25, 0.3) is 10.9 Å². The van der Waals surface area contributed by atoms with Crippen molar-refractivity contribution in [2.45, 2.75) is 6.36 Å². The Kier molecular flexibility index (Phi) is 6.14. The Balaban J connectivity index is 1.69. The van der Waals surface area contributed by atoms with E-state index in [1.807, 2.05) is 7.05 Å². The van der Waals surface area contributed by atoms with Crippen molar-refractivity contribution in [1.82, 2.24) is 14.9 Å². The highest BCUT2D eigenvalue weighted by molar-refractivity contribution is 9.10. The monoisotopic (exact) mass is 515 g/mol. The smallest absolute Gasteiger partial charge is 0.404 e. The van der Waals surface area contributed by atoms with Crippen LogP contribution in [0, 0.1) is 0 Å². The molecule has 0 atom stereocenters. The van der Waals surface area contributed by atoms with E-state index < -0.39 is 6.36 Å². The zero-order valence-corrected chi connectivity index (χ0v) is 18.7. The molecule has 2 heterocycles. The Morgan fingerprint density at radius 1 is 1.13 bits per heavy atom. The van der Waals surface area contributed by atoms with Crippen molar-refractivity contribution in [2.24, 2.45) is 0 Å². The van der Waals surface area contributed by atoms with Gasteiger partial charge in [-0.1, -0.05) is 27.5 Å². The second kappa shape index (κ2) is 8.68. The van der Waals surface area contributed by atoms with Crippen LogP contribution < -0.4 is 15.0 Å². The summed E-state index contributed by atoms with van der Waals surface area (Å²) < 4.78 is 43.8. The molecular weight excluding hydrogens is 499 g/mol. The third-order valence-electron chi connectivity index (χ3n) is 4.92. The largest absolute Gasteiger partial charge is 0.573 e. The maximum Gasteiger partial charge on any atom is 0.573 e. The van der Waals surface area contributed by atoms with E-state index in [-0.39, 0.29) is 17.4 Å². The summed E-state index contributed by atoms with van der Waals surface area (Å²) in [6.07, 6.45) is -3.30. The van der Waals surface area contributed by atoms with Gasteiger partial charge in [-0.2, -0.15) is 0 Å². The van der Waals surface area contributed by atoms with Crippen LogP contribution >= 0.6 is 27.5 Å². The van der Waals surface area contributed by atoms with Gasteiger partial charge in [0, 0.05) is 47.9 Å². The van der Waals surface area contributed by atoms with Crippen molar-refractivity contribution in [2.75, 3.05) is 43.4 Å². The molecule has 3 aromatic rings. The number of alkyl halides is 3. The highest BCUT2D eigenvalue weighted by Crippen LogP contribution is 2.36. The Bertz CT molecular complexity index is 1110. The van der Waals surface area contributed by atoms with E-state index in [0.29, 0.717) is 15.9 Å². The number of likely N-dealkylation sites (N-methyl/N-ethyl adjacent to an activating group) is 1. The molecule has 4 rings (SSSR count). The second-order valence-corrected chi connectivity index (χ2v) is 8.48. The molecular formula is C20H18BrClF3N5O. The lowest BCUT2D eigenvalue weighted by Crippen LogP contribution is -2.44. The van der Waals surface area contributed by atoms with Crippen LogP contribution in [0.4, 0.5) is 30.5 Å². The number of aromatic nitrogens is 2. The minimum atomic E-state index is -4.82. The number of ether oxygens (including phenoxy) is 1. The van der Waals surface area contributed by atoms with Gasteiger partial charge in [0.05, 0.1) is 16.2 Å². The van der Waals surface area contributed by atoms with Crippen LogP contribution in [0.3, 0.4) is 0 Å². The van der Waals surface area contributed by atoms with Crippen molar-refractivity contribution in [1.29, 1.82) is 0 Å². The third-order valence-corrected chi connectivity index (χ3v) is 5.69. The lowest BCUT2D eigenvalue weighted by molar-refractivity contribution is -0.274. The highest BCUT2D eigenvalue weighted by Gasteiger charge is 2.32. The molecule has 1 aliphatic rings. The summed E-state index contributed by atoms with van der Waals surface area (Å²) in [5.74, 6) is -0.231. The molecule has 164 valence electrons. The normalized spacial score (nSPS) is 15.4. The number of benzene rings is 2. The van der Waals surface area contributed by atoms with Gasteiger partial charge in [-0.05, 0) is 37.4 Å². The molecule has 0 amide bonds. The fourth-order valence-corrected chi connectivity index (χ4v) is 4.17. The zero-order chi connectivity index (χ0) is 22.2. The standard InChI is InChI=1S/C20H18BrClF3N5O/c1-29-4-6-30(7-5-29)13-2-3-18(31-20(23,24)25)17(10-13)28-19-26-11-14-15(22)8-12(21)9-16(14)27-19/h2-3,8-11H,4-7H2,1H3,(H,26,27,28). The van der Waals surface area contributed by atoms with Crippen LogP contribution in [0.2, 0.25) is 5.02 Å². The first-order valence-corrected chi connectivity index (χ1v) is 10.6. The molecule has 0 bridgehead atoms. The van der Waals surface area contributed by atoms with Gasteiger partial charge < -0.3 is 19.9 Å². The number of halogens is 5. The SMILES string of the molecule is CN1CCN(c2ccc(OC(F)(F)F)c(Nc3ncc4c(Cl)cc(Br)cc4n3)c2)CC1. The first-order valence-electron chi connectivity index (χ1n) is 9.40. The van der Waals surface area contributed by atoms with Crippen molar-refractivity contribution in [3.8, 4) is 5.75 Å². The van der Waals surface area contributed by atoms with Crippen LogP contribution in [-0.2, 0) is 0 Å². The molecule has 11 heteroatoms. The van der Waals surface area contributed by atoms with Gasteiger partial charge in [-0.3, -0.25) is 0 Å². The Hall–Kier alpha value is -2.30. The van der Waals surface area contributed by atoms with Crippen LogP contribution in [0.5, 0.6) is 5.75 Å². The van der Waals surface area contributed by atoms with E-state index in [1.165, 1.54) is 12.3 Å². The topological polar surface area (TPSA) is 53.5 Å². The summed E-state index contributed by atoms with van der Waals surface area (Å²) in [6.45, 7) is 3.28. The molecule has 0 saturated carbocycles. The summed E-state index contributed by atoms with van der Waals surface area (Å²) in [6, 6.07) is 8.01. The number of hydrogen-bond donors (Lipinski definition) is 1. The third kappa shape index (κ3) is 5.31. The molecule has 0 radical (unpaired) electrons. The summed E-state index contributed by atoms with van der Waals surface area (Å²) >= 11 is 9.56. The van der Waals surface area contributed by atoms with Gasteiger partial charge in [-0.15, -0.1) is 13.2 Å². The number of rotatable bonds is 4. The number of hydrogen-bond acceptors (Lipinski definition) is 6. The maximum atomic E-state index is 12.9.